The predicted molar refractivity (Wildman–Crippen MR) is 176 cm³/mol. The number of rotatable bonds is 12. The van der Waals surface area contributed by atoms with E-state index in [2.05, 4.69) is 10.1 Å². The number of nitrogens with zero attached hydrogens (tertiary/aromatic N) is 1. The molecule has 1 aliphatic rings. The highest BCUT2D eigenvalue weighted by Crippen LogP contribution is 2.36. The third kappa shape index (κ3) is 9.68. The van der Waals surface area contributed by atoms with Crippen molar-refractivity contribution in [2.45, 2.75) is 49.9 Å². The number of amides is 2. The van der Waals surface area contributed by atoms with Crippen LogP contribution in [0.25, 0.3) is 11.1 Å². The van der Waals surface area contributed by atoms with Crippen LogP contribution in [0.3, 0.4) is 0 Å². The number of nitrogens with one attached hydrogen (secondary N) is 1. The summed E-state index contributed by atoms with van der Waals surface area (Å²) in [7, 11) is -2.28. The number of hydrogen-bond donors (Lipinski definition) is 2. The SMILES string of the molecule is CN(Cc1ccc(-c2ccccc2S(N)(=O)=O)cc1)C(=O)C1CC(OCc2ccccc2)C[C@@H]1C(=O)NCc1ccc(OC(F)(F)F)cc1. The van der Waals surface area contributed by atoms with Crippen molar-refractivity contribution < 1.29 is 40.7 Å². The van der Waals surface area contributed by atoms with Crippen LogP contribution < -0.4 is 15.2 Å². The van der Waals surface area contributed by atoms with E-state index in [-0.39, 0.29) is 41.7 Å². The molecule has 49 heavy (non-hydrogen) atoms. The first-order valence-corrected chi connectivity index (χ1v) is 17.1. The zero-order valence-corrected chi connectivity index (χ0v) is 27.4. The van der Waals surface area contributed by atoms with Crippen LogP contribution in [-0.2, 0) is 44.0 Å². The van der Waals surface area contributed by atoms with E-state index >= 15 is 0 Å². The van der Waals surface area contributed by atoms with Gasteiger partial charge < -0.3 is 19.7 Å². The topological polar surface area (TPSA) is 128 Å². The van der Waals surface area contributed by atoms with Crippen molar-refractivity contribution in [3.05, 3.63) is 120 Å². The minimum Gasteiger partial charge on any atom is -0.406 e. The number of nitrogens with two attached hydrogens (primary N) is 1. The fraction of sp³-hybridized carbons (Fsp3) is 0.278. The Hall–Kier alpha value is -4.72. The summed E-state index contributed by atoms with van der Waals surface area (Å²) in [6, 6.07) is 28.3. The van der Waals surface area contributed by atoms with Crippen LogP contribution in [0.15, 0.2) is 108 Å². The van der Waals surface area contributed by atoms with Crippen molar-refractivity contribution in [1.82, 2.24) is 10.2 Å². The van der Waals surface area contributed by atoms with E-state index in [1.165, 1.54) is 30.3 Å². The molecule has 0 spiro atoms. The number of sulfonamides is 1. The van der Waals surface area contributed by atoms with Crippen LogP contribution in [0.2, 0.25) is 0 Å². The summed E-state index contributed by atoms with van der Waals surface area (Å²) in [5, 5.41) is 8.23. The molecule has 5 rings (SSSR count). The monoisotopic (exact) mass is 695 g/mol. The number of carbonyl (C=O) groups is 2. The molecule has 0 bridgehead atoms. The predicted octanol–water partition coefficient (Wildman–Crippen LogP) is 5.79. The molecule has 3 N–H and O–H groups in total. The first kappa shape index (κ1) is 35.6. The number of carbonyl (C=O) groups excluding carboxylic acids is 2. The van der Waals surface area contributed by atoms with Gasteiger partial charge in [0.15, 0.2) is 0 Å². The van der Waals surface area contributed by atoms with Crippen molar-refractivity contribution in [3.8, 4) is 16.9 Å². The smallest absolute Gasteiger partial charge is 0.406 e. The van der Waals surface area contributed by atoms with Crippen molar-refractivity contribution in [3.63, 3.8) is 0 Å². The normalized spacial score (nSPS) is 17.8. The minimum absolute atomic E-state index is 0.0112. The van der Waals surface area contributed by atoms with Gasteiger partial charge in [-0.1, -0.05) is 84.9 Å². The van der Waals surface area contributed by atoms with Crippen molar-refractivity contribution in [1.29, 1.82) is 0 Å². The zero-order valence-electron chi connectivity index (χ0n) is 26.6. The minimum atomic E-state index is -4.81. The lowest BCUT2D eigenvalue weighted by atomic mass is 9.93. The molecule has 0 radical (unpaired) electrons. The van der Waals surface area contributed by atoms with E-state index in [0.29, 0.717) is 36.1 Å². The number of alkyl halides is 3. The molecular weight excluding hydrogens is 659 g/mol. The lowest BCUT2D eigenvalue weighted by Crippen LogP contribution is -2.40. The molecule has 1 fully saturated rings. The van der Waals surface area contributed by atoms with Gasteiger partial charge in [0.05, 0.1) is 29.4 Å². The van der Waals surface area contributed by atoms with Crippen LogP contribution in [-0.4, -0.2) is 44.6 Å². The molecule has 2 unspecified atom stereocenters. The van der Waals surface area contributed by atoms with Gasteiger partial charge in [0.1, 0.15) is 5.75 Å². The molecule has 0 aliphatic heterocycles. The van der Waals surface area contributed by atoms with Crippen LogP contribution >= 0.6 is 0 Å². The average Bonchev–Trinajstić information content (AvgIpc) is 3.51. The zero-order chi connectivity index (χ0) is 35.2. The number of benzene rings is 4. The van der Waals surface area contributed by atoms with E-state index in [9.17, 15) is 31.2 Å². The Bertz CT molecular complexity index is 1850. The summed E-state index contributed by atoms with van der Waals surface area (Å²) in [6.45, 7) is 0.613. The van der Waals surface area contributed by atoms with Crippen molar-refractivity contribution >= 4 is 21.8 Å². The van der Waals surface area contributed by atoms with Gasteiger partial charge in [-0.15, -0.1) is 13.2 Å². The van der Waals surface area contributed by atoms with E-state index in [1.54, 1.807) is 54.4 Å². The largest absolute Gasteiger partial charge is 0.573 e. The van der Waals surface area contributed by atoms with Crippen molar-refractivity contribution in [2.75, 3.05) is 7.05 Å². The van der Waals surface area contributed by atoms with Gasteiger partial charge in [-0.25, -0.2) is 13.6 Å². The van der Waals surface area contributed by atoms with Crippen molar-refractivity contribution in [2.24, 2.45) is 17.0 Å². The molecule has 3 atom stereocenters. The number of halogens is 3. The van der Waals surface area contributed by atoms with E-state index in [1.807, 2.05) is 30.3 Å². The van der Waals surface area contributed by atoms with Crippen LogP contribution in [0.5, 0.6) is 5.75 Å². The van der Waals surface area contributed by atoms with E-state index < -0.39 is 28.2 Å². The maximum absolute atomic E-state index is 13.9. The highest BCUT2D eigenvalue weighted by Gasteiger charge is 2.44. The second-order valence-electron chi connectivity index (χ2n) is 11.9. The summed E-state index contributed by atoms with van der Waals surface area (Å²) in [5.74, 6) is -2.32. The first-order chi connectivity index (χ1) is 23.3. The van der Waals surface area contributed by atoms with Crippen LogP contribution in [0, 0.1) is 11.8 Å². The third-order valence-corrected chi connectivity index (χ3v) is 9.35. The molecule has 1 aliphatic carbocycles. The molecule has 2 amide bonds. The molecule has 1 saturated carbocycles. The van der Waals surface area contributed by atoms with Gasteiger partial charge in [-0.05, 0) is 53.3 Å². The molecule has 9 nitrogen and oxygen atoms in total. The number of ether oxygens (including phenoxy) is 2. The summed E-state index contributed by atoms with van der Waals surface area (Å²) >= 11 is 0. The number of hydrogen-bond acceptors (Lipinski definition) is 6. The Morgan fingerprint density at radius 3 is 2.10 bits per heavy atom. The van der Waals surface area contributed by atoms with Gasteiger partial charge >= 0.3 is 6.36 Å². The molecule has 4 aromatic rings. The van der Waals surface area contributed by atoms with E-state index in [4.69, 9.17) is 9.88 Å². The molecule has 0 saturated heterocycles. The van der Waals surface area contributed by atoms with Gasteiger partial charge in [-0.3, -0.25) is 9.59 Å². The van der Waals surface area contributed by atoms with Crippen LogP contribution in [0.1, 0.15) is 29.5 Å². The maximum Gasteiger partial charge on any atom is 0.573 e. The standard InChI is InChI=1S/C36H36F3N3O6S/c1-42(22-25-11-15-27(16-12-25)30-9-5-6-10-33(30)49(40,45)46)35(44)32-20-29(47-23-26-7-3-2-4-8-26)19-31(32)34(43)41-21-24-13-17-28(18-14-24)48-36(37,38)39/h2-18,29,31-32H,19-23H2,1H3,(H,41,43)(H2,40,45,46)/t29?,31-,32?/m0/s1. The summed E-state index contributed by atoms with van der Waals surface area (Å²) in [4.78, 5) is 28.9. The lowest BCUT2D eigenvalue weighted by molar-refractivity contribution is -0.274. The summed E-state index contributed by atoms with van der Waals surface area (Å²) < 4.78 is 71.8. The first-order valence-electron chi connectivity index (χ1n) is 15.5. The summed E-state index contributed by atoms with van der Waals surface area (Å²) in [6.07, 6.45) is -4.51. The highest BCUT2D eigenvalue weighted by molar-refractivity contribution is 7.89. The fourth-order valence-corrected chi connectivity index (χ4v) is 6.75. The molecule has 4 aromatic carbocycles. The molecule has 13 heteroatoms. The van der Waals surface area contributed by atoms with Gasteiger partial charge in [0.2, 0.25) is 21.8 Å². The summed E-state index contributed by atoms with van der Waals surface area (Å²) in [5.41, 5.74) is 3.43. The number of primary sulfonamides is 1. The third-order valence-electron chi connectivity index (χ3n) is 8.38. The molecule has 0 aromatic heterocycles. The fourth-order valence-electron chi connectivity index (χ4n) is 5.99. The highest BCUT2D eigenvalue weighted by atomic mass is 32.2. The second kappa shape index (κ2) is 15.2. The van der Waals surface area contributed by atoms with Gasteiger partial charge in [-0.2, -0.15) is 0 Å². The molecule has 0 heterocycles. The molecular formula is C36H36F3N3O6S. The Morgan fingerprint density at radius 2 is 1.45 bits per heavy atom. The quantitative estimate of drug-likeness (QED) is 0.193. The Kier molecular flexibility index (Phi) is 11.1. The Morgan fingerprint density at radius 1 is 0.837 bits per heavy atom. The maximum atomic E-state index is 13.9. The second-order valence-corrected chi connectivity index (χ2v) is 13.5. The Balaban J connectivity index is 1.26. The average molecular weight is 696 g/mol. The Labute approximate surface area is 282 Å². The van der Waals surface area contributed by atoms with Crippen LogP contribution in [0.4, 0.5) is 13.2 Å². The lowest BCUT2D eigenvalue weighted by Gasteiger charge is -2.25. The van der Waals surface area contributed by atoms with Gasteiger partial charge in [0, 0.05) is 25.7 Å². The molecule has 258 valence electrons. The van der Waals surface area contributed by atoms with E-state index in [0.717, 1.165) is 11.1 Å². The van der Waals surface area contributed by atoms with Gasteiger partial charge in [0.25, 0.3) is 0 Å².